The summed E-state index contributed by atoms with van der Waals surface area (Å²) in [6.07, 6.45) is 3.65. The number of nitrogens with one attached hydrogen (secondary N) is 1. The van der Waals surface area contributed by atoms with Crippen LogP contribution in [0.3, 0.4) is 0 Å². The molecule has 1 fully saturated rings. The van der Waals surface area contributed by atoms with Crippen LogP contribution in [0.2, 0.25) is 5.15 Å². The van der Waals surface area contributed by atoms with Gasteiger partial charge in [0.2, 0.25) is 0 Å². The Morgan fingerprint density at radius 1 is 1.53 bits per heavy atom. The van der Waals surface area contributed by atoms with Crippen molar-refractivity contribution < 1.29 is 4.21 Å². The third kappa shape index (κ3) is 4.50. The van der Waals surface area contributed by atoms with Gasteiger partial charge in [-0.2, -0.15) is 0 Å². The molecule has 1 aromatic rings. The maximum atomic E-state index is 12.0. The molecule has 0 saturated carbocycles. The summed E-state index contributed by atoms with van der Waals surface area (Å²) in [6, 6.07) is 1.58. The Morgan fingerprint density at radius 2 is 2.35 bits per heavy atom. The van der Waals surface area contributed by atoms with E-state index in [4.69, 9.17) is 11.6 Å². The molecule has 0 aromatic carbocycles. The highest BCUT2D eigenvalue weighted by atomic mass is 35.5. The van der Waals surface area contributed by atoms with E-state index in [9.17, 15) is 4.21 Å². The topological polar surface area (TPSA) is 54.9 Å². The Kier molecular flexibility index (Phi) is 6.33. The van der Waals surface area contributed by atoms with Gasteiger partial charge in [-0.25, -0.2) is 9.97 Å². The molecule has 1 aliphatic rings. The standard InChI is InChI=1S/C10H14ClN3OS.ClH/c11-9-4-10(14-7-13-9)16(15)6-8-2-1-3-12-5-8;/h4,7-8,12H,1-3,5-6H2;1H. The van der Waals surface area contributed by atoms with Crippen LogP contribution in [0.25, 0.3) is 0 Å². The molecule has 4 nitrogen and oxygen atoms in total. The molecule has 2 atom stereocenters. The highest BCUT2D eigenvalue weighted by molar-refractivity contribution is 7.85. The molecule has 0 radical (unpaired) electrons. The van der Waals surface area contributed by atoms with Crippen molar-refractivity contribution in [2.75, 3.05) is 18.8 Å². The highest BCUT2D eigenvalue weighted by Crippen LogP contribution is 2.15. The van der Waals surface area contributed by atoms with E-state index >= 15 is 0 Å². The summed E-state index contributed by atoms with van der Waals surface area (Å²) in [5, 5.41) is 4.19. The molecule has 2 unspecified atom stereocenters. The largest absolute Gasteiger partial charge is 0.316 e. The summed E-state index contributed by atoms with van der Waals surface area (Å²) < 4.78 is 12.0. The van der Waals surface area contributed by atoms with Crippen molar-refractivity contribution in [3.63, 3.8) is 0 Å². The third-order valence-electron chi connectivity index (χ3n) is 2.63. The maximum Gasteiger partial charge on any atom is 0.133 e. The molecule has 0 aliphatic carbocycles. The maximum absolute atomic E-state index is 12.0. The molecule has 2 rings (SSSR count). The van der Waals surface area contributed by atoms with Gasteiger partial charge in [-0.1, -0.05) is 11.6 Å². The zero-order chi connectivity index (χ0) is 11.4. The number of hydrogen-bond donors (Lipinski definition) is 1. The van der Waals surface area contributed by atoms with Gasteiger partial charge in [0, 0.05) is 11.8 Å². The van der Waals surface area contributed by atoms with Crippen LogP contribution in [-0.2, 0) is 10.8 Å². The first-order chi connectivity index (χ1) is 7.75. The fourth-order valence-electron chi connectivity index (χ4n) is 1.81. The Labute approximate surface area is 114 Å². The van der Waals surface area contributed by atoms with Crippen molar-refractivity contribution in [3.05, 3.63) is 17.5 Å². The molecule has 1 aromatic heterocycles. The molecular formula is C10H15Cl2N3OS. The van der Waals surface area contributed by atoms with Gasteiger partial charge in [-0.15, -0.1) is 12.4 Å². The first-order valence-corrected chi connectivity index (χ1v) is 7.02. The van der Waals surface area contributed by atoms with Crippen molar-refractivity contribution in [2.24, 2.45) is 5.92 Å². The lowest BCUT2D eigenvalue weighted by atomic mass is 10.0. The summed E-state index contributed by atoms with van der Waals surface area (Å²) in [7, 11) is -1.07. The van der Waals surface area contributed by atoms with Gasteiger partial charge in [0.25, 0.3) is 0 Å². The molecule has 0 amide bonds. The molecule has 1 saturated heterocycles. The smallest absolute Gasteiger partial charge is 0.133 e. The van der Waals surface area contributed by atoms with Crippen molar-refractivity contribution in [1.82, 2.24) is 15.3 Å². The number of nitrogens with zero attached hydrogens (tertiary/aromatic N) is 2. The van der Waals surface area contributed by atoms with Crippen molar-refractivity contribution in [3.8, 4) is 0 Å². The minimum Gasteiger partial charge on any atom is -0.316 e. The quantitative estimate of drug-likeness (QED) is 0.862. The monoisotopic (exact) mass is 295 g/mol. The average molecular weight is 296 g/mol. The van der Waals surface area contributed by atoms with Crippen LogP contribution in [0, 0.1) is 5.92 Å². The first kappa shape index (κ1) is 14.8. The molecule has 7 heteroatoms. The van der Waals surface area contributed by atoms with Crippen LogP contribution >= 0.6 is 24.0 Å². The van der Waals surface area contributed by atoms with Gasteiger partial charge in [0.1, 0.15) is 16.5 Å². The van der Waals surface area contributed by atoms with E-state index in [0.29, 0.717) is 21.8 Å². The van der Waals surface area contributed by atoms with Gasteiger partial charge in [0.05, 0.1) is 10.8 Å². The van der Waals surface area contributed by atoms with E-state index in [1.165, 1.54) is 6.33 Å². The lowest BCUT2D eigenvalue weighted by Gasteiger charge is -2.21. The van der Waals surface area contributed by atoms with Crippen molar-refractivity contribution in [2.45, 2.75) is 17.9 Å². The normalized spacial score (nSPS) is 21.6. The van der Waals surface area contributed by atoms with Crippen LogP contribution in [0.4, 0.5) is 0 Å². The van der Waals surface area contributed by atoms with Gasteiger partial charge >= 0.3 is 0 Å². The molecule has 96 valence electrons. The average Bonchev–Trinajstić information content (AvgIpc) is 2.30. The predicted molar refractivity (Wildman–Crippen MR) is 71.2 cm³/mol. The Bertz CT molecular complexity index is 386. The molecule has 2 heterocycles. The SMILES string of the molecule is Cl.O=S(CC1CCCNC1)c1cc(Cl)ncn1. The number of rotatable bonds is 3. The van der Waals surface area contributed by atoms with Crippen LogP contribution < -0.4 is 5.32 Å². The van der Waals surface area contributed by atoms with E-state index in [2.05, 4.69) is 15.3 Å². The molecule has 17 heavy (non-hydrogen) atoms. The number of halogens is 2. The van der Waals surface area contributed by atoms with Gasteiger partial charge < -0.3 is 5.32 Å². The van der Waals surface area contributed by atoms with Gasteiger partial charge in [0.15, 0.2) is 0 Å². The Balaban J connectivity index is 0.00000144. The Morgan fingerprint density at radius 3 is 3.00 bits per heavy atom. The van der Waals surface area contributed by atoms with Crippen LogP contribution in [0.5, 0.6) is 0 Å². The van der Waals surface area contributed by atoms with E-state index in [0.717, 1.165) is 25.9 Å². The molecule has 1 N–H and O–H groups in total. The summed E-state index contributed by atoms with van der Waals surface area (Å²) >= 11 is 5.73. The van der Waals surface area contributed by atoms with Crippen LogP contribution in [0.1, 0.15) is 12.8 Å². The summed E-state index contributed by atoms with van der Waals surface area (Å²) in [6.45, 7) is 2.02. The second-order valence-corrected chi connectivity index (χ2v) is 5.73. The van der Waals surface area contributed by atoms with Gasteiger partial charge in [-0.05, 0) is 31.8 Å². The van der Waals surface area contributed by atoms with Crippen molar-refractivity contribution in [1.29, 1.82) is 0 Å². The third-order valence-corrected chi connectivity index (χ3v) is 4.30. The minimum atomic E-state index is -1.07. The minimum absolute atomic E-state index is 0. The van der Waals surface area contributed by atoms with Crippen molar-refractivity contribution >= 4 is 34.8 Å². The number of piperidine rings is 1. The van der Waals surface area contributed by atoms with E-state index in [1.807, 2.05) is 0 Å². The zero-order valence-corrected chi connectivity index (χ0v) is 11.7. The number of aromatic nitrogens is 2. The lowest BCUT2D eigenvalue weighted by Crippen LogP contribution is -2.32. The fourth-order valence-corrected chi connectivity index (χ4v) is 3.31. The fraction of sp³-hybridized carbons (Fsp3) is 0.600. The van der Waals surface area contributed by atoms with Gasteiger partial charge in [-0.3, -0.25) is 4.21 Å². The van der Waals surface area contributed by atoms with E-state index < -0.39 is 10.8 Å². The van der Waals surface area contributed by atoms with E-state index in [1.54, 1.807) is 6.07 Å². The first-order valence-electron chi connectivity index (χ1n) is 5.32. The highest BCUT2D eigenvalue weighted by Gasteiger charge is 2.17. The summed E-state index contributed by atoms with van der Waals surface area (Å²) in [4.78, 5) is 7.77. The van der Waals surface area contributed by atoms with Crippen LogP contribution in [-0.4, -0.2) is 33.0 Å². The molecule has 0 bridgehead atoms. The second kappa shape index (κ2) is 7.26. The predicted octanol–water partition coefficient (Wildman–Crippen LogP) is 1.66. The molecular weight excluding hydrogens is 281 g/mol. The lowest BCUT2D eigenvalue weighted by molar-refractivity contribution is 0.408. The second-order valence-electron chi connectivity index (χ2n) is 3.90. The van der Waals surface area contributed by atoms with E-state index in [-0.39, 0.29) is 12.4 Å². The Hall–Kier alpha value is -0.230. The molecule has 1 aliphatic heterocycles. The van der Waals surface area contributed by atoms with Crippen LogP contribution in [0.15, 0.2) is 17.4 Å². The zero-order valence-electron chi connectivity index (χ0n) is 9.26. The summed E-state index contributed by atoms with van der Waals surface area (Å²) in [5.41, 5.74) is 0. The summed E-state index contributed by atoms with van der Waals surface area (Å²) in [5.74, 6) is 1.13. The number of hydrogen-bond acceptors (Lipinski definition) is 4. The molecule has 0 spiro atoms.